The fourth-order valence-electron chi connectivity index (χ4n) is 4.20. The fraction of sp³-hybridized carbons (Fsp3) is 0.200. The minimum absolute atomic E-state index is 0.283. The molecule has 4 aromatic carbocycles. The highest BCUT2D eigenvalue weighted by molar-refractivity contribution is 6.30. The van der Waals surface area contributed by atoms with E-state index in [1.54, 1.807) is 6.07 Å². The molecule has 4 rings (SSSR count). The Morgan fingerprint density at radius 3 is 1.91 bits per heavy atom. The average molecular weight is 479 g/mol. The highest BCUT2D eigenvalue weighted by Gasteiger charge is 2.12. The lowest BCUT2D eigenvalue weighted by atomic mass is 9.97. The van der Waals surface area contributed by atoms with Crippen molar-refractivity contribution in [2.75, 3.05) is 0 Å². The average Bonchev–Trinajstić information content (AvgIpc) is 2.85. The number of aryl methyl sites for hydroxylation is 5. The normalized spacial score (nSPS) is 11.2. The van der Waals surface area contributed by atoms with Crippen molar-refractivity contribution in [2.24, 2.45) is 0 Å². The molecule has 4 heteroatoms. The smallest absolute Gasteiger partial charge is 0.145 e. The molecule has 4 aromatic rings. The molecule has 0 saturated carbocycles. The zero-order valence-corrected chi connectivity index (χ0v) is 19.6. The molecule has 0 spiro atoms. The third-order valence-electron chi connectivity index (χ3n) is 6.19. The summed E-state index contributed by atoms with van der Waals surface area (Å²) in [5.74, 6) is -1.88. The van der Waals surface area contributed by atoms with Gasteiger partial charge in [0.1, 0.15) is 22.5 Å². The first-order valence-corrected chi connectivity index (χ1v) is 11.8. The first-order valence-electron chi connectivity index (χ1n) is 11.5. The summed E-state index contributed by atoms with van der Waals surface area (Å²) in [5.41, 5.74) is 4.71. The molecule has 0 unspecified atom stereocenters. The van der Waals surface area contributed by atoms with Crippen LogP contribution in [0, 0.1) is 17.5 Å². The van der Waals surface area contributed by atoms with Gasteiger partial charge in [-0.2, -0.15) is 0 Å². The van der Waals surface area contributed by atoms with E-state index < -0.39 is 16.7 Å². The summed E-state index contributed by atoms with van der Waals surface area (Å²) < 4.78 is 42.5. The molecule has 0 heterocycles. The zero-order valence-electron chi connectivity index (χ0n) is 18.9. The summed E-state index contributed by atoms with van der Waals surface area (Å²) in [5, 5.41) is 0.889. The van der Waals surface area contributed by atoms with Gasteiger partial charge in [0, 0.05) is 5.39 Å². The lowest BCUT2D eigenvalue weighted by molar-refractivity contribution is 0.579. The molecule has 0 radical (unpaired) electrons. The molecule has 0 bridgehead atoms. The van der Waals surface area contributed by atoms with Crippen molar-refractivity contribution in [1.82, 2.24) is 0 Å². The maximum absolute atomic E-state index is 15.1. The van der Waals surface area contributed by atoms with E-state index in [0.29, 0.717) is 29.4 Å². The number of benzene rings is 4. The maximum atomic E-state index is 15.1. The molecule has 174 valence electrons. The fourth-order valence-corrected chi connectivity index (χ4v) is 4.31. The molecule has 0 atom stereocenters. The zero-order chi connectivity index (χ0) is 24.1. The van der Waals surface area contributed by atoms with Crippen LogP contribution in [0.3, 0.4) is 0 Å². The van der Waals surface area contributed by atoms with Gasteiger partial charge in [-0.25, -0.2) is 13.2 Å². The Hall–Kier alpha value is -3.04. The van der Waals surface area contributed by atoms with Gasteiger partial charge in [0.15, 0.2) is 0 Å². The highest BCUT2D eigenvalue weighted by atomic mass is 35.5. The molecule has 0 aliphatic rings. The number of hydrogen-bond donors (Lipinski definition) is 0. The molecule has 0 aromatic heterocycles. The van der Waals surface area contributed by atoms with Gasteiger partial charge in [-0.05, 0) is 83.9 Å². The summed E-state index contributed by atoms with van der Waals surface area (Å²) in [7, 11) is 0. The van der Waals surface area contributed by atoms with Crippen molar-refractivity contribution in [3.05, 3.63) is 130 Å². The lowest BCUT2D eigenvalue weighted by Gasteiger charge is -2.10. The molecular formula is C30H26ClF3. The minimum Gasteiger partial charge on any atom is -0.206 e. The number of allylic oxidation sites excluding steroid dienone is 1. The van der Waals surface area contributed by atoms with Gasteiger partial charge in [0.2, 0.25) is 0 Å². The Morgan fingerprint density at radius 1 is 0.647 bits per heavy atom. The van der Waals surface area contributed by atoms with Gasteiger partial charge >= 0.3 is 0 Å². The highest BCUT2D eigenvalue weighted by Crippen LogP contribution is 2.26. The standard InChI is InChI=1S/C30H26ClF3/c1-2-3-4-20-5-7-21(8-6-20)9-10-22-12-16-26-25(17-22)15-14-24(30(26)34)13-11-23-18-27(32)29(31)28(33)19-23/h2,5-8,12,14-19H,1,3-4,9-11,13H2. The number of fused-ring (bicyclic) bond motifs is 1. The van der Waals surface area contributed by atoms with Crippen LogP contribution in [0.2, 0.25) is 5.02 Å². The molecule has 0 saturated heterocycles. The Labute approximate surface area is 203 Å². The Bertz CT molecular complexity index is 1290. The second-order valence-corrected chi connectivity index (χ2v) is 8.99. The molecule has 0 amide bonds. The summed E-state index contributed by atoms with van der Waals surface area (Å²) >= 11 is 5.54. The number of rotatable bonds is 9. The van der Waals surface area contributed by atoms with Crippen LogP contribution < -0.4 is 0 Å². The number of hydrogen-bond acceptors (Lipinski definition) is 0. The summed E-state index contributed by atoms with van der Waals surface area (Å²) in [6, 6.07) is 20.6. The van der Waals surface area contributed by atoms with Crippen molar-refractivity contribution >= 4 is 22.4 Å². The molecular weight excluding hydrogens is 453 g/mol. The topological polar surface area (TPSA) is 0 Å². The minimum atomic E-state index is -0.799. The van der Waals surface area contributed by atoms with Gasteiger partial charge < -0.3 is 0 Å². The van der Waals surface area contributed by atoms with Gasteiger partial charge in [0.05, 0.1) is 0 Å². The van der Waals surface area contributed by atoms with E-state index in [0.717, 1.165) is 36.6 Å². The Morgan fingerprint density at radius 2 is 1.24 bits per heavy atom. The van der Waals surface area contributed by atoms with Crippen molar-refractivity contribution < 1.29 is 13.2 Å². The van der Waals surface area contributed by atoms with Gasteiger partial charge in [-0.3, -0.25) is 0 Å². The molecule has 0 fully saturated rings. The van der Waals surface area contributed by atoms with Crippen LogP contribution in [0.4, 0.5) is 13.2 Å². The van der Waals surface area contributed by atoms with Crippen LogP contribution in [-0.2, 0) is 32.1 Å². The summed E-state index contributed by atoms with van der Waals surface area (Å²) in [6.07, 6.45) is 6.37. The van der Waals surface area contributed by atoms with E-state index in [1.807, 2.05) is 30.3 Å². The largest absolute Gasteiger partial charge is 0.206 e. The predicted octanol–water partition coefficient (Wildman–Crippen LogP) is 8.60. The lowest BCUT2D eigenvalue weighted by Crippen LogP contribution is -1.98. The monoisotopic (exact) mass is 478 g/mol. The Balaban J connectivity index is 1.42. The molecule has 0 nitrogen and oxygen atoms in total. The first-order chi connectivity index (χ1) is 16.4. The molecule has 0 aliphatic carbocycles. The van der Waals surface area contributed by atoms with Gasteiger partial charge in [0.25, 0.3) is 0 Å². The van der Waals surface area contributed by atoms with Crippen molar-refractivity contribution in [1.29, 1.82) is 0 Å². The maximum Gasteiger partial charge on any atom is 0.145 e. The van der Waals surface area contributed by atoms with Gasteiger partial charge in [-0.1, -0.05) is 72.3 Å². The van der Waals surface area contributed by atoms with E-state index >= 15 is 4.39 Å². The van der Waals surface area contributed by atoms with Gasteiger partial charge in [-0.15, -0.1) is 6.58 Å². The Kier molecular flexibility index (Phi) is 7.74. The first kappa shape index (κ1) is 24.1. The molecule has 34 heavy (non-hydrogen) atoms. The van der Waals surface area contributed by atoms with Crippen molar-refractivity contribution in [3.8, 4) is 0 Å². The third-order valence-corrected chi connectivity index (χ3v) is 6.55. The van der Waals surface area contributed by atoms with E-state index in [9.17, 15) is 8.78 Å². The predicted molar refractivity (Wildman–Crippen MR) is 135 cm³/mol. The van der Waals surface area contributed by atoms with Crippen LogP contribution >= 0.6 is 11.6 Å². The summed E-state index contributed by atoms with van der Waals surface area (Å²) in [6.45, 7) is 3.77. The van der Waals surface area contributed by atoms with Crippen LogP contribution in [0.25, 0.3) is 10.8 Å². The van der Waals surface area contributed by atoms with Crippen LogP contribution in [0.5, 0.6) is 0 Å². The molecule has 0 N–H and O–H groups in total. The van der Waals surface area contributed by atoms with E-state index in [-0.39, 0.29) is 5.82 Å². The van der Waals surface area contributed by atoms with Crippen LogP contribution in [-0.4, -0.2) is 0 Å². The van der Waals surface area contributed by atoms with E-state index in [4.69, 9.17) is 11.6 Å². The quantitative estimate of drug-likeness (QED) is 0.167. The second-order valence-electron chi connectivity index (χ2n) is 8.61. The van der Waals surface area contributed by atoms with Crippen LogP contribution in [0.1, 0.15) is 34.2 Å². The second kappa shape index (κ2) is 10.9. The molecule has 0 aliphatic heterocycles. The third kappa shape index (κ3) is 5.71. The van der Waals surface area contributed by atoms with Crippen molar-refractivity contribution in [3.63, 3.8) is 0 Å². The van der Waals surface area contributed by atoms with Crippen molar-refractivity contribution in [2.45, 2.75) is 38.5 Å². The van der Waals surface area contributed by atoms with Crippen LogP contribution in [0.15, 0.2) is 79.4 Å². The van der Waals surface area contributed by atoms with E-state index in [2.05, 4.69) is 30.8 Å². The van der Waals surface area contributed by atoms with E-state index in [1.165, 1.54) is 23.3 Å². The SMILES string of the molecule is C=CCCc1ccc(CCc2ccc3c(F)c(CCc4cc(F)c(Cl)c(F)c4)ccc3c2)cc1. The summed E-state index contributed by atoms with van der Waals surface area (Å²) in [4.78, 5) is 0. The number of halogens is 4.